The standard InChI is InChI=1S/C23H26N4/c1-16(2)18-5-9-20(10-6-18)26-15-27(23-22(26)24-13-14-25-23)21-11-7-19(8-12-21)17(3)4/h5-14,16-17H,15H2,1-4H3. The lowest BCUT2D eigenvalue weighted by atomic mass is 10.0. The first-order valence-electron chi connectivity index (χ1n) is 9.60. The molecule has 0 saturated carbocycles. The van der Waals surface area contributed by atoms with Crippen LogP contribution in [-0.4, -0.2) is 16.6 Å². The lowest BCUT2D eigenvalue weighted by Gasteiger charge is -2.21. The summed E-state index contributed by atoms with van der Waals surface area (Å²) in [7, 11) is 0. The highest BCUT2D eigenvalue weighted by Crippen LogP contribution is 2.41. The first-order chi connectivity index (χ1) is 13.0. The fraction of sp³-hybridized carbons (Fsp3) is 0.304. The maximum absolute atomic E-state index is 4.62. The summed E-state index contributed by atoms with van der Waals surface area (Å²) in [6, 6.07) is 17.5. The molecule has 0 unspecified atom stereocenters. The Kier molecular flexibility index (Phi) is 4.56. The SMILES string of the molecule is CC(C)c1ccc(N2CN(c3ccc(C(C)C)cc3)c3nccnc32)cc1. The van der Waals surface area contributed by atoms with Crippen LogP contribution in [0.3, 0.4) is 0 Å². The topological polar surface area (TPSA) is 32.3 Å². The largest absolute Gasteiger partial charge is 0.305 e. The number of anilines is 4. The van der Waals surface area contributed by atoms with Crippen LogP contribution in [0.15, 0.2) is 60.9 Å². The predicted octanol–water partition coefficient (Wildman–Crippen LogP) is 5.97. The Balaban J connectivity index is 1.68. The number of rotatable bonds is 4. The fourth-order valence-electron chi connectivity index (χ4n) is 3.47. The molecule has 0 radical (unpaired) electrons. The summed E-state index contributed by atoms with van der Waals surface area (Å²) in [5.41, 5.74) is 4.97. The summed E-state index contributed by atoms with van der Waals surface area (Å²) in [6.45, 7) is 9.58. The molecule has 0 amide bonds. The number of benzene rings is 2. The highest BCUT2D eigenvalue weighted by molar-refractivity contribution is 5.81. The summed E-state index contributed by atoms with van der Waals surface area (Å²) in [6.07, 6.45) is 3.53. The first kappa shape index (κ1) is 17.5. The molecule has 0 aliphatic carbocycles. The van der Waals surface area contributed by atoms with Crippen LogP contribution in [-0.2, 0) is 0 Å². The van der Waals surface area contributed by atoms with E-state index in [1.54, 1.807) is 12.4 Å². The molecule has 1 aliphatic heterocycles. The van der Waals surface area contributed by atoms with E-state index in [-0.39, 0.29) is 0 Å². The van der Waals surface area contributed by atoms with Gasteiger partial charge in [0.05, 0.1) is 0 Å². The van der Waals surface area contributed by atoms with Crippen LogP contribution < -0.4 is 9.80 Å². The zero-order chi connectivity index (χ0) is 19.0. The second-order valence-corrected chi connectivity index (χ2v) is 7.69. The average Bonchev–Trinajstić information content (AvgIpc) is 3.08. The van der Waals surface area contributed by atoms with E-state index < -0.39 is 0 Å². The minimum absolute atomic E-state index is 0.528. The maximum Gasteiger partial charge on any atom is 0.178 e. The van der Waals surface area contributed by atoms with E-state index in [0.29, 0.717) is 18.5 Å². The van der Waals surface area contributed by atoms with E-state index in [4.69, 9.17) is 0 Å². The zero-order valence-electron chi connectivity index (χ0n) is 16.4. The Labute approximate surface area is 161 Å². The molecule has 0 atom stereocenters. The van der Waals surface area contributed by atoms with Crippen molar-refractivity contribution in [3.05, 3.63) is 72.1 Å². The van der Waals surface area contributed by atoms with Gasteiger partial charge in [-0.25, -0.2) is 9.97 Å². The van der Waals surface area contributed by atoms with Crippen LogP contribution in [0, 0.1) is 0 Å². The monoisotopic (exact) mass is 358 g/mol. The highest BCUT2D eigenvalue weighted by atomic mass is 15.4. The second-order valence-electron chi connectivity index (χ2n) is 7.69. The smallest absolute Gasteiger partial charge is 0.178 e. The van der Waals surface area contributed by atoms with Crippen molar-refractivity contribution >= 4 is 23.0 Å². The minimum Gasteiger partial charge on any atom is -0.305 e. The molecule has 0 spiro atoms. The molecule has 0 N–H and O–H groups in total. The van der Waals surface area contributed by atoms with Gasteiger partial charge >= 0.3 is 0 Å². The van der Waals surface area contributed by atoms with Gasteiger partial charge in [-0.1, -0.05) is 52.0 Å². The molecule has 4 rings (SSSR count). The second kappa shape index (κ2) is 7.03. The molecule has 3 aromatic rings. The van der Waals surface area contributed by atoms with Crippen LogP contribution in [0.1, 0.15) is 50.7 Å². The van der Waals surface area contributed by atoms with Crippen molar-refractivity contribution in [2.45, 2.75) is 39.5 Å². The van der Waals surface area contributed by atoms with E-state index >= 15 is 0 Å². The molecule has 0 bridgehead atoms. The Morgan fingerprint density at radius 2 is 1.00 bits per heavy atom. The van der Waals surface area contributed by atoms with E-state index in [9.17, 15) is 0 Å². The number of nitrogens with zero attached hydrogens (tertiary/aromatic N) is 4. The van der Waals surface area contributed by atoms with Gasteiger partial charge in [0.2, 0.25) is 0 Å². The molecule has 1 aliphatic rings. The van der Waals surface area contributed by atoms with Crippen LogP contribution >= 0.6 is 0 Å². The van der Waals surface area contributed by atoms with Crippen LogP contribution in [0.2, 0.25) is 0 Å². The molecular formula is C23H26N4. The van der Waals surface area contributed by atoms with Crippen molar-refractivity contribution in [2.24, 2.45) is 0 Å². The van der Waals surface area contributed by atoms with Gasteiger partial charge in [-0.15, -0.1) is 0 Å². The Morgan fingerprint density at radius 3 is 1.33 bits per heavy atom. The summed E-state index contributed by atoms with van der Waals surface area (Å²) >= 11 is 0. The zero-order valence-corrected chi connectivity index (χ0v) is 16.4. The van der Waals surface area contributed by atoms with Gasteiger partial charge in [0.1, 0.15) is 6.67 Å². The van der Waals surface area contributed by atoms with Crippen molar-refractivity contribution < 1.29 is 0 Å². The summed E-state index contributed by atoms with van der Waals surface area (Å²) in [5, 5.41) is 0. The van der Waals surface area contributed by atoms with Gasteiger partial charge in [-0.2, -0.15) is 0 Å². The molecule has 4 nitrogen and oxygen atoms in total. The van der Waals surface area contributed by atoms with Gasteiger partial charge in [-0.3, -0.25) is 0 Å². The van der Waals surface area contributed by atoms with Crippen LogP contribution in [0.5, 0.6) is 0 Å². The Bertz CT molecular complexity index is 837. The van der Waals surface area contributed by atoms with Crippen molar-refractivity contribution in [1.29, 1.82) is 0 Å². The minimum atomic E-state index is 0.528. The van der Waals surface area contributed by atoms with Gasteiger partial charge in [0.25, 0.3) is 0 Å². The molecule has 27 heavy (non-hydrogen) atoms. The van der Waals surface area contributed by atoms with Gasteiger partial charge < -0.3 is 9.80 Å². The molecule has 2 aromatic carbocycles. The molecule has 1 aromatic heterocycles. The summed E-state index contributed by atoms with van der Waals surface area (Å²) < 4.78 is 0. The molecular weight excluding hydrogens is 332 g/mol. The number of aromatic nitrogens is 2. The third-order valence-electron chi connectivity index (χ3n) is 5.20. The van der Waals surface area contributed by atoms with E-state index in [1.807, 2.05) is 0 Å². The highest BCUT2D eigenvalue weighted by Gasteiger charge is 2.30. The number of hydrogen-bond acceptors (Lipinski definition) is 4. The third kappa shape index (κ3) is 3.27. The Hall–Kier alpha value is -2.88. The van der Waals surface area contributed by atoms with Crippen molar-refractivity contribution in [1.82, 2.24) is 9.97 Å². The van der Waals surface area contributed by atoms with Crippen molar-refractivity contribution in [3.8, 4) is 0 Å². The molecule has 138 valence electrons. The van der Waals surface area contributed by atoms with E-state index in [2.05, 4.69) is 96.0 Å². The first-order valence-corrected chi connectivity index (χ1v) is 9.60. The Morgan fingerprint density at radius 1 is 0.630 bits per heavy atom. The van der Waals surface area contributed by atoms with Gasteiger partial charge in [0, 0.05) is 23.8 Å². The summed E-state index contributed by atoms with van der Waals surface area (Å²) in [5.74, 6) is 2.87. The van der Waals surface area contributed by atoms with E-state index in [0.717, 1.165) is 23.0 Å². The van der Waals surface area contributed by atoms with Crippen LogP contribution in [0.4, 0.5) is 23.0 Å². The molecule has 0 saturated heterocycles. The molecule has 4 heteroatoms. The van der Waals surface area contributed by atoms with Crippen molar-refractivity contribution in [3.63, 3.8) is 0 Å². The molecule has 2 heterocycles. The van der Waals surface area contributed by atoms with Gasteiger partial charge in [0.15, 0.2) is 11.6 Å². The van der Waals surface area contributed by atoms with Crippen molar-refractivity contribution in [2.75, 3.05) is 16.5 Å². The third-order valence-corrected chi connectivity index (χ3v) is 5.20. The fourth-order valence-corrected chi connectivity index (χ4v) is 3.47. The molecule has 0 fully saturated rings. The lowest BCUT2D eigenvalue weighted by molar-refractivity contribution is 0.864. The lowest BCUT2D eigenvalue weighted by Crippen LogP contribution is -2.24. The quantitative estimate of drug-likeness (QED) is 0.575. The number of fused-ring (bicyclic) bond motifs is 1. The predicted molar refractivity (Wildman–Crippen MR) is 112 cm³/mol. The average molecular weight is 358 g/mol. The maximum atomic E-state index is 4.62. The van der Waals surface area contributed by atoms with Crippen LogP contribution in [0.25, 0.3) is 0 Å². The number of hydrogen-bond donors (Lipinski definition) is 0. The normalized spacial score (nSPS) is 13.6. The van der Waals surface area contributed by atoms with E-state index in [1.165, 1.54) is 11.1 Å². The van der Waals surface area contributed by atoms with Gasteiger partial charge in [-0.05, 0) is 47.2 Å². The summed E-state index contributed by atoms with van der Waals surface area (Å²) in [4.78, 5) is 13.7.